The largest absolute Gasteiger partial charge is 0.493 e. The predicted octanol–water partition coefficient (Wildman–Crippen LogP) is 4.08. The summed E-state index contributed by atoms with van der Waals surface area (Å²) >= 11 is 5.07. The molecule has 1 rings (SSSR count). The molecule has 0 saturated heterocycles. The highest BCUT2D eigenvalue weighted by atomic mass is 32.1. The van der Waals surface area contributed by atoms with Crippen LogP contribution in [0, 0.1) is 26.2 Å². The average Bonchev–Trinajstić information content (AvgIpc) is 2.33. The molecule has 0 spiro atoms. The summed E-state index contributed by atoms with van der Waals surface area (Å²) in [4.78, 5) is 0.579. The van der Waals surface area contributed by atoms with E-state index in [-0.39, 0.29) is 5.41 Å². The zero-order chi connectivity index (χ0) is 14.6. The Labute approximate surface area is 122 Å². The van der Waals surface area contributed by atoms with Crippen LogP contribution in [0.5, 0.6) is 5.75 Å². The van der Waals surface area contributed by atoms with Crippen molar-refractivity contribution in [1.82, 2.24) is 0 Å². The van der Waals surface area contributed by atoms with Crippen LogP contribution in [0.3, 0.4) is 0 Å². The van der Waals surface area contributed by atoms with Crippen LogP contribution < -0.4 is 10.5 Å². The van der Waals surface area contributed by atoms with E-state index in [2.05, 4.69) is 46.8 Å². The van der Waals surface area contributed by atoms with Crippen molar-refractivity contribution in [2.24, 2.45) is 11.1 Å². The minimum atomic E-state index is -0.0879. The molecular formula is C16H25NOS. The van der Waals surface area contributed by atoms with Gasteiger partial charge in [0.15, 0.2) is 0 Å². The maximum Gasteiger partial charge on any atom is 0.125 e. The van der Waals surface area contributed by atoms with Crippen LogP contribution in [0.1, 0.15) is 43.4 Å². The Morgan fingerprint density at radius 3 is 2.37 bits per heavy atom. The van der Waals surface area contributed by atoms with Crippen molar-refractivity contribution in [2.75, 3.05) is 6.61 Å². The molecule has 0 aliphatic rings. The zero-order valence-electron chi connectivity index (χ0n) is 12.7. The van der Waals surface area contributed by atoms with Crippen molar-refractivity contribution < 1.29 is 4.74 Å². The quantitative estimate of drug-likeness (QED) is 0.629. The lowest BCUT2D eigenvalue weighted by Crippen LogP contribution is -2.30. The van der Waals surface area contributed by atoms with Gasteiger partial charge in [-0.05, 0) is 50.3 Å². The monoisotopic (exact) mass is 279 g/mol. The standard InChI is InChI=1S/C16H25NOS/c1-11-7-8-12(2)14(13(11)3)18-10-6-9-16(4,5)15(17)19/h7-8H,6,9-10H2,1-5H3,(H2,17,19). The van der Waals surface area contributed by atoms with Gasteiger partial charge < -0.3 is 10.5 Å². The average molecular weight is 279 g/mol. The first-order valence-electron chi connectivity index (χ1n) is 6.75. The Kier molecular flexibility index (Phi) is 5.36. The molecule has 2 N–H and O–H groups in total. The molecule has 2 nitrogen and oxygen atoms in total. The molecule has 0 amide bonds. The Bertz CT molecular complexity index is 466. The first-order chi connectivity index (χ1) is 8.75. The van der Waals surface area contributed by atoms with Crippen LogP contribution in [0.25, 0.3) is 0 Å². The molecule has 0 heterocycles. The number of ether oxygens (including phenoxy) is 1. The summed E-state index contributed by atoms with van der Waals surface area (Å²) < 4.78 is 5.94. The molecule has 106 valence electrons. The minimum Gasteiger partial charge on any atom is -0.493 e. The van der Waals surface area contributed by atoms with Gasteiger partial charge in [0.1, 0.15) is 5.75 Å². The molecule has 19 heavy (non-hydrogen) atoms. The summed E-state index contributed by atoms with van der Waals surface area (Å²) in [5, 5.41) is 0. The van der Waals surface area contributed by atoms with Crippen molar-refractivity contribution >= 4 is 17.2 Å². The molecule has 0 fully saturated rings. The molecule has 0 aliphatic heterocycles. The maximum absolute atomic E-state index is 5.94. The Morgan fingerprint density at radius 2 is 1.79 bits per heavy atom. The highest BCUT2D eigenvalue weighted by molar-refractivity contribution is 7.80. The number of aryl methyl sites for hydroxylation is 2. The number of hydrogen-bond acceptors (Lipinski definition) is 2. The molecule has 3 heteroatoms. The van der Waals surface area contributed by atoms with E-state index in [1.807, 2.05) is 0 Å². The molecule has 0 radical (unpaired) electrons. The van der Waals surface area contributed by atoms with Gasteiger partial charge in [0.05, 0.1) is 11.6 Å². The summed E-state index contributed by atoms with van der Waals surface area (Å²) in [6, 6.07) is 4.24. The van der Waals surface area contributed by atoms with Gasteiger partial charge in [-0.1, -0.05) is 38.2 Å². The van der Waals surface area contributed by atoms with Crippen LogP contribution in [-0.2, 0) is 0 Å². The van der Waals surface area contributed by atoms with Gasteiger partial charge >= 0.3 is 0 Å². The van der Waals surface area contributed by atoms with Gasteiger partial charge in [-0.3, -0.25) is 0 Å². The van der Waals surface area contributed by atoms with Crippen molar-refractivity contribution in [2.45, 2.75) is 47.5 Å². The van der Waals surface area contributed by atoms with Gasteiger partial charge in [0, 0.05) is 5.41 Å². The second-order valence-corrected chi connectivity index (χ2v) is 6.29. The number of rotatable bonds is 6. The van der Waals surface area contributed by atoms with Crippen molar-refractivity contribution in [3.63, 3.8) is 0 Å². The van der Waals surface area contributed by atoms with Gasteiger partial charge in [-0.25, -0.2) is 0 Å². The second kappa shape index (κ2) is 6.38. The number of thiocarbonyl (C=S) groups is 1. The van der Waals surface area contributed by atoms with Crippen LogP contribution in [-0.4, -0.2) is 11.6 Å². The lowest BCUT2D eigenvalue weighted by atomic mass is 9.88. The topological polar surface area (TPSA) is 35.2 Å². The zero-order valence-corrected chi connectivity index (χ0v) is 13.5. The molecule has 0 unspecified atom stereocenters. The van der Waals surface area contributed by atoms with Crippen molar-refractivity contribution in [3.05, 3.63) is 28.8 Å². The molecule has 0 bridgehead atoms. The van der Waals surface area contributed by atoms with Crippen LogP contribution in [0.4, 0.5) is 0 Å². The smallest absolute Gasteiger partial charge is 0.125 e. The van der Waals surface area contributed by atoms with Gasteiger partial charge in [-0.2, -0.15) is 0 Å². The first kappa shape index (κ1) is 16.0. The molecular weight excluding hydrogens is 254 g/mol. The fourth-order valence-corrected chi connectivity index (χ4v) is 2.06. The van der Waals surface area contributed by atoms with Gasteiger partial charge in [-0.15, -0.1) is 0 Å². The minimum absolute atomic E-state index is 0.0879. The van der Waals surface area contributed by atoms with Crippen LogP contribution in [0.2, 0.25) is 0 Å². The van der Waals surface area contributed by atoms with E-state index in [4.69, 9.17) is 22.7 Å². The third-order valence-corrected chi connectivity index (χ3v) is 4.29. The molecule has 1 aromatic rings. The van der Waals surface area contributed by atoms with Crippen LogP contribution in [0.15, 0.2) is 12.1 Å². The van der Waals surface area contributed by atoms with E-state index in [0.29, 0.717) is 11.6 Å². The molecule has 0 saturated carbocycles. The highest BCUT2D eigenvalue weighted by Crippen LogP contribution is 2.27. The van der Waals surface area contributed by atoms with Crippen molar-refractivity contribution in [3.8, 4) is 5.75 Å². The summed E-state index contributed by atoms with van der Waals surface area (Å²) in [5.41, 5.74) is 9.32. The van der Waals surface area contributed by atoms with E-state index in [1.165, 1.54) is 16.7 Å². The summed E-state index contributed by atoms with van der Waals surface area (Å²) in [6.07, 6.45) is 1.91. The van der Waals surface area contributed by atoms with E-state index >= 15 is 0 Å². The van der Waals surface area contributed by atoms with Gasteiger partial charge in [0.25, 0.3) is 0 Å². The van der Waals surface area contributed by atoms with Crippen LogP contribution >= 0.6 is 12.2 Å². The maximum atomic E-state index is 5.94. The lowest BCUT2D eigenvalue weighted by molar-refractivity contribution is 0.284. The van der Waals surface area contributed by atoms with E-state index in [0.717, 1.165) is 18.6 Å². The summed E-state index contributed by atoms with van der Waals surface area (Å²) in [6.45, 7) is 11.2. The fraction of sp³-hybridized carbons (Fsp3) is 0.562. The fourth-order valence-electron chi connectivity index (χ4n) is 1.96. The van der Waals surface area contributed by atoms with Gasteiger partial charge in [0.2, 0.25) is 0 Å². The number of benzene rings is 1. The Balaban J connectivity index is 2.55. The van der Waals surface area contributed by atoms with E-state index in [9.17, 15) is 0 Å². The SMILES string of the molecule is Cc1ccc(C)c(OCCCC(C)(C)C(N)=S)c1C. The predicted molar refractivity (Wildman–Crippen MR) is 85.9 cm³/mol. The highest BCUT2D eigenvalue weighted by Gasteiger charge is 2.20. The van der Waals surface area contributed by atoms with E-state index < -0.39 is 0 Å². The summed E-state index contributed by atoms with van der Waals surface area (Å²) in [5.74, 6) is 1.02. The Morgan fingerprint density at radius 1 is 1.21 bits per heavy atom. The number of hydrogen-bond donors (Lipinski definition) is 1. The molecule has 0 aliphatic carbocycles. The Hall–Kier alpha value is -1.09. The normalized spacial score (nSPS) is 11.4. The van der Waals surface area contributed by atoms with Crippen molar-refractivity contribution in [1.29, 1.82) is 0 Å². The molecule has 0 aromatic heterocycles. The third-order valence-electron chi connectivity index (χ3n) is 3.73. The second-order valence-electron chi connectivity index (χ2n) is 5.85. The first-order valence-corrected chi connectivity index (χ1v) is 7.16. The summed E-state index contributed by atoms with van der Waals surface area (Å²) in [7, 11) is 0. The molecule has 1 aromatic carbocycles. The molecule has 0 atom stereocenters. The van der Waals surface area contributed by atoms with E-state index in [1.54, 1.807) is 0 Å². The number of nitrogens with two attached hydrogens (primary N) is 1. The lowest BCUT2D eigenvalue weighted by Gasteiger charge is -2.23. The third kappa shape index (κ3) is 4.20.